The molecule has 1 saturated heterocycles. The van der Waals surface area contributed by atoms with Crippen molar-refractivity contribution < 1.29 is 19.2 Å². The molecule has 0 aromatic carbocycles. The minimum Gasteiger partial charge on any atom is -0.350 e. The predicted octanol–water partition coefficient (Wildman–Crippen LogP) is 1.97. The molecular formula is C18H27N3O4. The molecule has 7 heteroatoms. The molecule has 0 radical (unpaired) electrons. The summed E-state index contributed by atoms with van der Waals surface area (Å²) < 4.78 is 0. The number of hydrogen-bond donors (Lipinski definition) is 1. The monoisotopic (exact) mass is 349 g/mol. The van der Waals surface area contributed by atoms with E-state index < -0.39 is 35.8 Å². The van der Waals surface area contributed by atoms with Crippen LogP contribution < -0.4 is 5.32 Å². The lowest BCUT2D eigenvalue weighted by atomic mass is 9.97. The number of amides is 5. The van der Waals surface area contributed by atoms with Crippen LogP contribution in [0.25, 0.3) is 0 Å². The minimum absolute atomic E-state index is 0.188. The Morgan fingerprint density at radius 1 is 1.16 bits per heavy atom. The summed E-state index contributed by atoms with van der Waals surface area (Å²) in [5.74, 6) is -2.21. The van der Waals surface area contributed by atoms with Gasteiger partial charge < -0.3 is 5.32 Å². The first-order chi connectivity index (χ1) is 11.7. The van der Waals surface area contributed by atoms with E-state index in [0.29, 0.717) is 12.8 Å². The van der Waals surface area contributed by atoms with Gasteiger partial charge in [-0.3, -0.25) is 19.3 Å². The molecule has 1 fully saturated rings. The lowest BCUT2D eigenvalue weighted by Crippen LogP contribution is -2.48. The molecule has 0 aromatic heterocycles. The van der Waals surface area contributed by atoms with E-state index in [1.54, 1.807) is 0 Å². The van der Waals surface area contributed by atoms with Crippen LogP contribution in [-0.2, 0) is 14.4 Å². The smallest absolute Gasteiger partial charge is 0.334 e. The van der Waals surface area contributed by atoms with E-state index in [-0.39, 0.29) is 6.54 Å². The van der Waals surface area contributed by atoms with E-state index in [1.807, 2.05) is 20.8 Å². The fourth-order valence-electron chi connectivity index (χ4n) is 2.92. The quantitative estimate of drug-likeness (QED) is 0.432. The van der Waals surface area contributed by atoms with Crippen molar-refractivity contribution in [1.82, 2.24) is 15.1 Å². The first-order valence-corrected chi connectivity index (χ1v) is 8.91. The molecule has 1 heterocycles. The molecule has 1 aliphatic carbocycles. The van der Waals surface area contributed by atoms with Gasteiger partial charge in [-0.15, -0.1) is 0 Å². The van der Waals surface area contributed by atoms with Crippen LogP contribution in [0.1, 0.15) is 59.3 Å². The largest absolute Gasteiger partial charge is 0.350 e. The van der Waals surface area contributed by atoms with Crippen LogP contribution in [0.5, 0.6) is 0 Å². The molecule has 5 amide bonds. The molecule has 0 atom stereocenters. The van der Waals surface area contributed by atoms with Gasteiger partial charge in [0.1, 0.15) is 6.54 Å². The zero-order chi connectivity index (χ0) is 18.6. The Bertz CT molecular complexity index is 609. The van der Waals surface area contributed by atoms with Gasteiger partial charge in [0.2, 0.25) is 5.91 Å². The summed E-state index contributed by atoms with van der Waals surface area (Å²) >= 11 is 0. The lowest BCUT2D eigenvalue weighted by molar-refractivity contribution is -0.144. The van der Waals surface area contributed by atoms with E-state index in [0.717, 1.165) is 29.1 Å². The zero-order valence-electron chi connectivity index (χ0n) is 15.3. The number of nitrogens with one attached hydrogen (secondary N) is 1. The lowest BCUT2D eigenvalue weighted by Gasteiger charge is -2.25. The van der Waals surface area contributed by atoms with Crippen molar-refractivity contribution >= 4 is 23.8 Å². The Balaban J connectivity index is 1.96. The summed E-state index contributed by atoms with van der Waals surface area (Å²) in [5.41, 5.74) is 0.792. The van der Waals surface area contributed by atoms with E-state index >= 15 is 0 Å². The summed E-state index contributed by atoms with van der Waals surface area (Å²) in [7, 11) is 0. The van der Waals surface area contributed by atoms with Crippen LogP contribution in [0.15, 0.2) is 11.6 Å². The van der Waals surface area contributed by atoms with Gasteiger partial charge in [0, 0.05) is 12.1 Å². The van der Waals surface area contributed by atoms with Crippen molar-refractivity contribution in [2.24, 2.45) is 0 Å². The summed E-state index contributed by atoms with van der Waals surface area (Å²) in [4.78, 5) is 50.3. The summed E-state index contributed by atoms with van der Waals surface area (Å²) in [6.45, 7) is 5.40. The second-order valence-electron chi connectivity index (χ2n) is 7.27. The van der Waals surface area contributed by atoms with Crippen molar-refractivity contribution in [3.63, 3.8) is 0 Å². The molecule has 0 spiro atoms. The van der Waals surface area contributed by atoms with E-state index in [9.17, 15) is 19.2 Å². The highest BCUT2D eigenvalue weighted by molar-refractivity contribution is 6.45. The Labute approximate surface area is 148 Å². The molecule has 0 saturated carbocycles. The van der Waals surface area contributed by atoms with Gasteiger partial charge in [-0.25, -0.2) is 9.69 Å². The normalized spacial score (nSPS) is 18.7. The number of urea groups is 1. The maximum absolute atomic E-state index is 12.4. The van der Waals surface area contributed by atoms with E-state index in [2.05, 4.69) is 11.4 Å². The molecular weight excluding hydrogens is 322 g/mol. The summed E-state index contributed by atoms with van der Waals surface area (Å²) in [6, 6.07) is -0.698. The van der Waals surface area contributed by atoms with Gasteiger partial charge >= 0.3 is 17.8 Å². The number of carbonyl (C=O) groups is 4. The Morgan fingerprint density at radius 2 is 1.84 bits per heavy atom. The highest BCUT2D eigenvalue weighted by Crippen LogP contribution is 2.22. The van der Waals surface area contributed by atoms with Crippen LogP contribution >= 0.6 is 0 Å². The third-order valence-corrected chi connectivity index (χ3v) is 4.84. The van der Waals surface area contributed by atoms with Crippen molar-refractivity contribution in [3.8, 4) is 0 Å². The highest BCUT2D eigenvalue weighted by Gasteiger charge is 2.45. The first-order valence-electron chi connectivity index (χ1n) is 8.91. The maximum Gasteiger partial charge on any atom is 0.334 e. The van der Waals surface area contributed by atoms with Gasteiger partial charge in [0.15, 0.2) is 0 Å². The maximum atomic E-state index is 12.4. The van der Waals surface area contributed by atoms with Crippen LogP contribution in [0.4, 0.5) is 4.79 Å². The van der Waals surface area contributed by atoms with Crippen molar-refractivity contribution in [1.29, 1.82) is 0 Å². The molecule has 2 rings (SSSR count). The standard InChI is InChI=1S/C18H27N3O4/c1-4-18(2,3)19-14(22)12-21-16(24)15(23)20(17(21)25)11-10-13-8-6-5-7-9-13/h8H,4-7,9-12H2,1-3H3,(H,19,22). The molecule has 7 nitrogen and oxygen atoms in total. The van der Waals surface area contributed by atoms with Crippen LogP contribution in [0.3, 0.4) is 0 Å². The molecule has 0 bridgehead atoms. The fraction of sp³-hybridized carbons (Fsp3) is 0.667. The highest BCUT2D eigenvalue weighted by atomic mass is 16.2. The van der Waals surface area contributed by atoms with Gasteiger partial charge in [-0.2, -0.15) is 0 Å². The third kappa shape index (κ3) is 4.67. The van der Waals surface area contributed by atoms with Crippen LogP contribution in [-0.4, -0.2) is 52.2 Å². The molecule has 0 unspecified atom stereocenters. The number of hydrogen-bond acceptors (Lipinski definition) is 4. The topological polar surface area (TPSA) is 86.8 Å². The predicted molar refractivity (Wildman–Crippen MR) is 92.5 cm³/mol. The van der Waals surface area contributed by atoms with Gasteiger partial charge in [0.05, 0.1) is 0 Å². The summed E-state index contributed by atoms with van der Waals surface area (Å²) in [6.07, 6.45) is 7.73. The first kappa shape index (κ1) is 19.1. The Hall–Kier alpha value is -2.18. The van der Waals surface area contributed by atoms with Gasteiger partial charge in [-0.05, 0) is 52.4 Å². The number of rotatable bonds is 7. The number of allylic oxidation sites excluding steroid dienone is 1. The molecule has 1 aliphatic heterocycles. The average molecular weight is 349 g/mol. The molecule has 138 valence electrons. The van der Waals surface area contributed by atoms with E-state index in [4.69, 9.17) is 0 Å². The Morgan fingerprint density at radius 3 is 2.44 bits per heavy atom. The van der Waals surface area contributed by atoms with Gasteiger partial charge in [0.25, 0.3) is 0 Å². The number of carbonyl (C=O) groups excluding carboxylic acids is 4. The van der Waals surface area contributed by atoms with Crippen molar-refractivity contribution in [3.05, 3.63) is 11.6 Å². The van der Waals surface area contributed by atoms with Crippen molar-refractivity contribution in [2.45, 2.75) is 64.8 Å². The third-order valence-electron chi connectivity index (χ3n) is 4.84. The SMILES string of the molecule is CCC(C)(C)NC(=O)CN1C(=O)C(=O)N(CCC2=CCCCC2)C1=O. The second kappa shape index (κ2) is 7.80. The fourth-order valence-corrected chi connectivity index (χ4v) is 2.92. The van der Waals surface area contributed by atoms with Crippen LogP contribution in [0.2, 0.25) is 0 Å². The molecule has 1 N–H and O–H groups in total. The Kier molecular flexibility index (Phi) is 5.98. The summed E-state index contributed by atoms with van der Waals surface area (Å²) in [5, 5.41) is 2.76. The number of imide groups is 2. The second-order valence-corrected chi connectivity index (χ2v) is 7.27. The van der Waals surface area contributed by atoms with E-state index in [1.165, 1.54) is 12.0 Å². The number of nitrogens with zero attached hydrogens (tertiary/aromatic N) is 2. The van der Waals surface area contributed by atoms with Crippen LogP contribution in [0, 0.1) is 0 Å². The molecule has 25 heavy (non-hydrogen) atoms. The van der Waals surface area contributed by atoms with Crippen molar-refractivity contribution in [2.75, 3.05) is 13.1 Å². The average Bonchev–Trinajstić information content (AvgIpc) is 2.77. The molecule has 0 aromatic rings. The molecule has 2 aliphatic rings. The van der Waals surface area contributed by atoms with Gasteiger partial charge in [-0.1, -0.05) is 18.6 Å². The zero-order valence-corrected chi connectivity index (χ0v) is 15.3. The minimum atomic E-state index is -0.924.